The molecule has 4 nitrogen and oxygen atoms in total. The average Bonchev–Trinajstić information content (AvgIpc) is 2.37. The second-order valence-corrected chi connectivity index (χ2v) is 6.53. The monoisotopic (exact) mass is 308 g/mol. The summed E-state index contributed by atoms with van der Waals surface area (Å²) in [7, 11) is -3.37. The van der Waals surface area contributed by atoms with Gasteiger partial charge in [-0.2, -0.15) is 0 Å². The Morgan fingerprint density at radius 2 is 1.81 bits per heavy atom. The first kappa shape index (κ1) is 15.2. The first-order chi connectivity index (χ1) is 9.79. The molecule has 0 aliphatic carbocycles. The molecule has 0 bridgehead atoms. The van der Waals surface area contributed by atoms with Crippen molar-refractivity contribution in [1.29, 1.82) is 0 Å². The third kappa shape index (κ3) is 3.46. The van der Waals surface area contributed by atoms with Crippen molar-refractivity contribution in [1.82, 2.24) is 0 Å². The molecule has 0 radical (unpaired) electrons. The van der Waals surface area contributed by atoms with Crippen LogP contribution in [0.15, 0.2) is 47.4 Å². The van der Waals surface area contributed by atoms with Gasteiger partial charge in [-0.25, -0.2) is 12.8 Å². The van der Waals surface area contributed by atoms with E-state index in [9.17, 15) is 17.6 Å². The fourth-order valence-electron chi connectivity index (χ4n) is 1.83. The van der Waals surface area contributed by atoms with Gasteiger partial charge in [-0.1, -0.05) is 12.1 Å². The highest BCUT2D eigenvalue weighted by molar-refractivity contribution is 7.90. The normalized spacial score (nSPS) is 11.2. The lowest BCUT2D eigenvalue weighted by atomic mass is 10.1. The maximum Gasteiger partial charge on any atom is 0.175 e. The second kappa shape index (κ2) is 5.65. The summed E-state index contributed by atoms with van der Waals surface area (Å²) in [5.74, 6) is -0.888. The molecule has 0 fully saturated rings. The number of hydrogen-bond donors (Lipinski definition) is 0. The molecule has 6 heteroatoms. The molecule has 110 valence electrons. The number of ketones is 1. The fraction of sp³-hybridized carbons (Fsp3) is 0.133. The van der Waals surface area contributed by atoms with Crippen molar-refractivity contribution < 1.29 is 22.3 Å². The summed E-state index contributed by atoms with van der Waals surface area (Å²) < 4.78 is 42.1. The molecule has 0 amide bonds. The molecule has 2 aromatic rings. The van der Waals surface area contributed by atoms with Gasteiger partial charge in [0.1, 0.15) is 17.3 Å². The van der Waals surface area contributed by atoms with Crippen molar-refractivity contribution in [2.45, 2.75) is 11.8 Å². The Balaban J connectivity index is 2.44. The summed E-state index contributed by atoms with van der Waals surface area (Å²) in [6.45, 7) is 1.23. The van der Waals surface area contributed by atoms with Crippen molar-refractivity contribution in [3.8, 4) is 11.5 Å². The van der Waals surface area contributed by atoms with Crippen LogP contribution in [-0.4, -0.2) is 20.5 Å². The molecule has 0 atom stereocenters. The third-order valence-electron chi connectivity index (χ3n) is 2.79. The number of Topliss-reactive ketones (excluding diaryl/α,β-unsaturated/α-hetero) is 1. The Morgan fingerprint density at radius 1 is 1.14 bits per heavy atom. The highest BCUT2D eigenvalue weighted by Crippen LogP contribution is 2.28. The molecule has 0 unspecified atom stereocenters. The van der Waals surface area contributed by atoms with Crippen LogP contribution < -0.4 is 4.74 Å². The summed E-state index contributed by atoms with van der Waals surface area (Å²) in [5, 5.41) is 0. The minimum Gasteiger partial charge on any atom is -0.456 e. The van der Waals surface area contributed by atoms with E-state index >= 15 is 0 Å². The van der Waals surface area contributed by atoms with Gasteiger partial charge in [-0.3, -0.25) is 4.79 Å². The van der Waals surface area contributed by atoms with Crippen LogP contribution in [-0.2, 0) is 9.84 Å². The van der Waals surface area contributed by atoms with Crippen LogP contribution in [0.2, 0.25) is 0 Å². The molecule has 0 N–H and O–H groups in total. The first-order valence-corrected chi connectivity index (χ1v) is 7.95. The number of carbonyl (C=O) groups excluding carboxylic acids is 1. The van der Waals surface area contributed by atoms with Gasteiger partial charge in [0, 0.05) is 6.26 Å². The zero-order valence-corrected chi connectivity index (χ0v) is 12.3. The fourth-order valence-corrected chi connectivity index (χ4v) is 2.48. The van der Waals surface area contributed by atoms with E-state index in [1.165, 1.54) is 43.3 Å². The van der Waals surface area contributed by atoms with Crippen LogP contribution in [0, 0.1) is 5.82 Å². The smallest absolute Gasteiger partial charge is 0.175 e. The predicted octanol–water partition coefficient (Wildman–Crippen LogP) is 3.22. The third-order valence-corrected chi connectivity index (χ3v) is 3.90. The summed E-state index contributed by atoms with van der Waals surface area (Å²) in [6.07, 6.45) is 1.08. The van der Waals surface area contributed by atoms with Crippen LogP contribution in [0.25, 0.3) is 0 Å². The average molecular weight is 308 g/mol. The molecule has 2 rings (SSSR count). The van der Waals surface area contributed by atoms with E-state index in [-0.39, 0.29) is 22.0 Å². The summed E-state index contributed by atoms with van der Waals surface area (Å²) in [6, 6.07) is 9.83. The van der Waals surface area contributed by atoms with E-state index in [2.05, 4.69) is 0 Å². The second-order valence-electron chi connectivity index (χ2n) is 4.52. The summed E-state index contributed by atoms with van der Waals surface area (Å²) in [5.41, 5.74) is -0.165. The molecule has 0 aromatic heterocycles. The predicted molar refractivity (Wildman–Crippen MR) is 76.0 cm³/mol. The maximum absolute atomic E-state index is 13.7. The Kier molecular flexibility index (Phi) is 4.09. The van der Waals surface area contributed by atoms with Gasteiger partial charge in [-0.05, 0) is 37.3 Å². The zero-order valence-electron chi connectivity index (χ0n) is 11.5. The zero-order chi connectivity index (χ0) is 15.6. The maximum atomic E-state index is 13.7. The van der Waals surface area contributed by atoms with Crippen molar-refractivity contribution in [3.63, 3.8) is 0 Å². The Bertz CT molecular complexity index is 797. The molecule has 2 aromatic carbocycles. The van der Waals surface area contributed by atoms with Crippen LogP contribution >= 0.6 is 0 Å². The van der Waals surface area contributed by atoms with E-state index < -0.39 is 21.4 Å². The van der Waals surface area contributed by atoms with Gasteiger partial charge in [0.25, 0.3) is 0 Å². The van der Waals surface area contributed by atoms with E-state index in [0.717, 1.165) is 12.3 Å². The van der Waals surface area contributed by atoms with Crippen molar-refractivity contribution in [2.24, 2.45) is 0 Å². The van der Waals surface area contributed by atoms with Gasteiger partial charge >= 0.3 is 0 Å². The van der Waals surface area contributed by atoms with Crippen molar-refractivity contribution in [3.05, 3.63) is 53.8 Å². The lowest BCUT2D eigenvalue weighted by molar-refractivity contribution is 0.101. The van der Waals surface area contributed by atoms with Crippen molar-refractivity contribution >= 4 is 15.6 Å². The van der Waals surface area contributed by atoms with Crippen LogP contribution in [0.3, 0.4) is 0 Å². The molecular weight excluding hydrogens is 295 g/mol. The minimum atomic E-state index is -3.37. The quantitative estimate of drug-likeness (QED) is 0.814. The number of halogens is 1. The highest BCUT2D eigenvalue weighted by Gasteiger charge is 2.15. The molecule has 21 heavy (non-hydrogen) atoms. The molecular formula is C15H13FO4S. The SMILES string of the molecule is CC(=O)c1c(F)cccc1Oc1cccc(S(C)(=O)=O)c1. The van der Waals surface area contributed by atoms with E-state index in [4.69, 9.17) is 4.74 Å². The van der Waals surface area contributed by atoms with Gasteiger partial charge in [0.15, 0.2) is 15.6 Å². The standard InChI is InChI=1S/C15H13FO4S/c1-10(17)15-13(16)7-4-8-14(15)20-11-5-3-6-12(9-11)21(2,18)19/h3-9H,1-2H3. The lowest BCUT2D eigenvalue weighted by Crippen LogP contribution is -2.01. The molecule has 0 aliphatic heterocycles. The largest absolute Gasteiger partial charge is 0.456 e. The Labute approximate surface area is 122 Å². The summed E-state index contributed by atoms with van der Waals surface area (Å²) >= 11 is 0. The number of carbonyl (C=O) groups is 1. The van der Waals surface area contributed by atoms with Crippen LogP contribution in [0.5, 0.6) is 11.5 Å². The van der Waals surface area contributed by atoms with Gasteiger partial charge in [0.2, 0.25) is 0 Å². The summed E-state index contributed by atoms with van der Waals surface area (Å²) in [4.78, 5) is 11.6. The Morgan fingerprint density at radius 3 is 2.43 bits per heavy atom. The molecule has 0 saturated carbocycles. The molecule has 0 spiro atoms. The number of hydrogen-bond acceptors (Lipinski definition) is 4. The van der Waals surface area contributed by atoms with Crippen molar-refractivity contribution in [2.75, 3.05) is 6.26 Å². The topological polar surface area (TPSA) is 60.4 Å². The van der Waals surface area contributed by atoms with Crippen LogP contribution in [0.1, 0.15) is 17.3 Å². The van der Waals surface area contributed by atoms with Gasteiger partial charge in [-0.15, -0.1) is 0 Å². The molecule has 0 saturated heterocycles. The minimum absolute atomic E-state index is 0.0492. The van der Waals surface area contributed by atoms with E-state index in [1.54, 1.807) is 0 Å². The number of sulfone groups is 1. The number of rotatable bonds is 4. The van der Waals surface area contributed by atoms with Gasteiger partial charge < -0.3 is 4.74 Å². The number of benzene rings is 2. The Hall–Kier alpha value is -2.21. The first-order valence-electron chi connectivity index (χ1n) is 6.06. The molecule has 0 aliphatic rings. The van der Waals surface area contributed by atoms with Crippen LogP contribution in [0.4, 0.5) is 4.39 Å². The highest BCUT2D eigenvalue weighted by atomic mass is 32.2. The lowest BCUT2D eigenvalue weighted by Gasteiger charge is -2.10. The van der Waals surface area contributed by atoms with E-state index in [0.29, 0.717) is 0 Å². The number of ether oxygens (including phenoxy) is 1. The molecule has 0 heterocycles. The van der Waals surface area contributed by atoms with E-state index in [1.807, 2.05) is 0 Å². The van der Waals surface area contributed by atoms with Gasteiger partial charge in [0.05, 0.1) is 10.5 Å².